The summed E-state index contributed by atoms with van der Waals surface area (Å²) in [7, 11) is 1.47. The molecule has 0 aromatic carbocycles. The van der Waals surface area contributed by atoms with E-state index in [4.69, 9.17) is 4.74 Å². The highest BCUT2D eigenvalue weighted by molar-refractivity contribution is 5.71. The number of ether oxygens (including phenoxy) is 1. The van der Waals surface area contributed by atoms with Gasteiger partial charge >= 0.3 is 11.9 Å². The molecule has 3 aliphatic carbocycles. The number of carbonyl (C=O) groups is 2. The molecule has 0 heterocycles. The molecular formula is C31H48O4. The second-order valence-corrected chi connectivity index (χ2v) is 12.7. The molecule has 196 valence electrons. The molecule has 4 heteroatoms. The van der Waals surface area contributed by atoms with Crippen molar-refractivity contribution < 1.29 is 19.4 Å². The fourth-order valence-electron chi connectivity index (χ4n) is 8.47. The lowest BCUT2D eigenvalue weighted by molar-refractivity contribution is -0.147. The molecule has 3 aliphatic rings. The van der Waals surface area contributed by atoms with Gasteiger partial charge in [-0.3, -0.25) is 9.59 Å². The Morgan fingerprint density at radius 1 is 1.20 bits per heavy atom. The summed E-state index contributed by atoms with van der Waals surface area (Å²) in [6.45, 7) is 17.8. The van der Waals surface area contributed by atoms with Gasteiger partial charge in [-0.25, -0.2) is 0 Å². The monoisotopic (exact) mass is 484 g/mol. The van der Waals surface area contributed by atoms with Crippen LogP contribution >= 0.6 is 0 Å². The van der Waals surface area contributed by atoms with Gasteiger partial charge in [-0.1, -0.05) is 56.2 Å². The Balaban J connectivity index is 1.96. The maximum atomic E-state index is 12.5. The molecule has 2 saturated carbocycles. The molecule has 35 heavy (non-hydrogen) atoms. The van der Waals surface area contributed by atoms with Gasteiger partial charge in [0.2, 0.25) is 0 Å². The van der Waals surface area contributed by atoms with E-state index >= 15 is 0 Å². The Kier molecular flexibility index (Phi) is 8.13. The Bertz CT molecular complexity index is 909. The number of allylic oxidation sites excluding steroid dienone is 5. The minimum absolute atomic E-state index is 0.00261. The number of esters is 1. The molecule has 2 fully saturated rings. The highest BCUT2D eigenvalue weighted by Gasteiger charge is 2.64. The van der Waals surface area contributed by atoms with Crippen LogP contribution in [0.2, 0.25) is 0 Å². The van der Waals surface area contributed by atoms with Crippen molar-refractivity contribution in [2.45, 2.75) is 99.3 Å². The molecule has 0 amide bonds. The number of rotatable bonds is 9. The molecule has 1 N–H and O–H groups in total. The van der Waals surface area contributed by atoms with Crippen LogP contribution in [0.4, 0.5) is 0 Å². The largest absolute Gasteiger partial charge is 0.481 e. The van der Waals surface area contributed by atoms with E-state index in [0.29, 0.717) is 24.7 Å². The summed E-state index contributed by atoms with van der Waals surface area (Å²) < 4.78 is 5.00. The number of methoxy groups -OCH3 is 1. The average molecular weight is 485 g/mol. The number of carboxylic acids is 1. The molecule has 0 radical (unpaired) electrons. The minimum Gasteiger partial charge on any atom is -0.481 e. The lowest BCUT2D eigenvalue weighted by Gasteiger charge is -2.60. The quantitative estimate of drug-likeness (QED) is 0.268. The van der Waals surface area contributed by atoms with Crippen LogP contribution in [0, 0.1) is 39.9 Å². The smallest absolute Gasteiger partial charge is 0.306 e. The second kappa shape index (κ2) is 10.3. The first-order valence-electron chi connectivity index (χ1n) is 13.6. The zero-order chi connectivity index (χ0) is 26.2. The first kappa shape index (κ1) is 27.7. The first-order valence-corrected chi connectivity index (χ1v) is 13.6. The second-order valence-electron chi connectivity index (χ2n) is 12.7. The SMILES string of the molecule is C=C(C)[C@H]1CC=C2[C@@H](CC[C@]3(C)[C@@H]([C@@H](CCC=C(C)C)C(=O)O)CC[C@@]23C)[C@]1(C)CCC(=O)OC. The third kappa shape index (κ3) is 4.79. The van der Waals surface area contributed by atoms with Crippen LogP contribution in [0.1, 0.15) is 99.3 Å². The molecule has 4 nitrogen and oxygen atoms in total. The summed E-state index contributed by atoms with van der Waals surface area (Å²) >= 11 is 0. The van der Waals surface area contributed by atoms with Gasteiger partial charge in [0.1, 0.15) is 0 Å². The molecule has 0 bridgehead atoms. The molecule has 0 aliphatic heterocycles. The van der Waals surface area contributed by atoms with E-state index in [1.54, 1.807) is 0 Å². The lowest BCUT2D eigenvalue weighted by Crippen LogP contribution is -2.52. The molecule has 0 spiro atoms. The van der Waals surface area contributed by atoms with Crippen molar-refractivity contribution in [3.8, 4) is 0 Å². The van der Waals surface area contributed by atoms with E-state index in [0.717, 1.165) is 44.9 Å². The van der Waals surface area contributed by atoms with Gasteiger partial charge in [0.25, 0.3) is 0 Å². The van der Waals surface area contributed by atoms with Gasteiger partial charge in [0, 0.05) is 6.42 Å². The van der Waals surface area contributed by atoms with Gasteiger partial charge in [-0.05, 0) is 106 Å². The molecule has 0 saturated heterocycles. The number of hydrogen-bond donors (Lipinski definition) is 1. The van der Waals surface area contributed by atoms with Crippen LogP contribution in [-0.2, 0) is 14.3 Å². The van der Waals surface area contributed by atoms with E-state index in [1.165, 1.54) is 23.8 Å². The Morgan fingerprint density at radius 2 is 1.89 bits per heavy atom. The Labute approximate surface area is 213 Å². The van der Waals surface area contributed by atoms with Crippen molar-refractivity contribution in [1.29, 1.82) is 0 Å². The molecule has 0 aromatic rings. The zero-order valence-electron chi connectivity index (χ0n) is 23.2. The van der Waals surface area contributed by atoms with E-state index in [9.17, 15) is 14.7 Å². The van der Waals surface area contributed by atoms with Crippen molar-refractivity contribution in [3.05, 3.63) is 35.5 Å². The standard InChI is InChI=1S/C31H48O4/c1-20(2)10-9-11-22(28(33)34)24-14-18-31(7)26-13-12-23(21(3)4)29(5,17-16-27(32)35-8)25(26)15-19-30(24,31)6/h10,13,22-25H,3,9,11-12,14-19H2,1-2,4-8H3,(H,33,34)/t22-,23-,24-,25-,29-,30-,31+/m1/s1. The zero-order valence-corrected chi connectivity index (χ0v) is 23.2. The number of carbonyl (C=O) groups excluding carboxylic acids is 1. The maximum Gasteiger partial charge on any atom is 0.306 e. The Hall–Kier alpha value is -1.84. The van der Waals surface area contributed by atoms with Crippen molar-refractivity contribution in [2.75, 3.05) is 7.11 Å². The van der Waals surface area contributed by atoms with E-state index in [-0.39, 0.29) is 34.1 Å². The molecule has 7 atom stereocenters. The van der Waals surface area contributed by atoms with Crippen LogP contribution < -0.4 is 0 Å². The number of fused-ring (bicyclic) bond motifs is 3. The number of aliphatic carboxylic acids is 1. The van der Waals surface area contributed by atoms with Crippen LogP contribution in [0.3, 0.4) is 0 Å². The van der Waals surface area contributed by atoms with Gasteiger partial charge in [-0.15, -0.1) is 0 Å². The lowest BCUT2D eigenvalue weighted by atomic mass is 9.44. The summed E-state index contributed by atoms with van der Waals surface area (Å²) in [5, 5.41) is 10.3. The number of carboxylic acid groups (broad SMARTS) is 1. The third-order valence-electron chi connectivity index (χ3n) is 10.7. The van der Waals surface area contributed by atoms with Crippen LogP contribution in [0.5, 0.6) is 0 Å². The summed E-state index contributed by atoms with van der Waals surface area (Å²) in [6, 6.07) is 0. The average Bonchev–Trinajstić information content (AvgIpc) is 3.06. The third-order valence-corrected chi connectivity index (χ3v) is 10.7. The summed E-state index contributed by atoms with van der Waals surface area (Å²) in [5.41, 5.74) is 3.91. The van der Waals surface area contributed by atoms with E-state index in [2.05, 4.69) is 60.3 Å². The van der Waals surface area contributed by atoms with Crippen LogP contribution in [0.15, 0.2) is 35.5 Å². The minimum atomic E-state index is -0.632. The van der Waals surface area contributed by atoms with Crippen molar-refractivity contribution in [2.24, 2.45) is 39.9 Å². The molecular weight excluding hydrogens is 436 g/mol. The highest BCUT2D eigenvalue weighted by Crippen LogP contribution is 2.72. The van der Waals surface area contributed by atoms with Crippen molar-refractivity contribution in [1.82, 2.24) is 0 Å². The van der Waals surface area contributed by atoms with Gasteiger partial charge in [0.05, 0.1) is 13.0 Å². The predicted octanol–water partition coefficient (Wildman–Crippen LogP) is 7.75. The van der Waals surface area contributed by atoms with Crippen molar-refractivity contribution >= 4 is 11.9 Å². The Morgan fingerprint density at radius 3 is 2.46 bits per heavy atom. The van der Waals surface area contributed by atoms with E-state index < -0.39 is 5.97 Å². The summed E-state index contributed by atoms with van der Waals surface area (Å²) in [4.78, 5) is 24.6. The highest BCUT2D eigenvalue weighted by atomic mass is 16.5. The molecule has 0 unspecified atom stereocenters. The van der Waals surface area contributed by atoms with Gasteiger partial charge < -0.3 is 9.84 Å². The fraction of sp³-hybridized carbons (Fsp3) is 0.742. The maximum absolute atomic E-state index is 12.5. The van der Waals surface area contributed by atoms with Gasteiger partial charge in [-0.2, -0.15) is 0 Å². The molecule has 3 rings (SSSR count). The van der Waals surface area contributed by atoms with E-state index in [1.807, 2.05) is 0 Å². The van der Waals surface area contributed by atoms with Gasteiger partial charge in [0.15, 0.2) is 0 Å². The van der Waals surface area contributed by atoms with Crippen molar-refractivity contribution in [3.63, 3.8) is 0 Å². The van der Waals surface area contributed by atoms with Crippen LogP contribution in [-0.4, -0.2) is 24.2 Å². The number of hydrogen-bond acceptors (Lipinski definition) is 3. The summed E-state index contributed by atoms with van der Waals surface area (Å²) in [6.07, 6.45) is 12.5. The topological polar surface area (TPSA) is 63.6 Å². The predicted molar refractivity (Wildman–Crippen MR) is 142 cm³/mol. The van der Waals surface area contributed by atoms with Crippen LogP contribution in [0.25, 0.3) is 0 Å². The first-order chi connectivity index (χ1) is 16.3. The normalized spacial score (nSPS) is 36.9. The molecule has 0 aromatic heterocycles. The summed E-state index contributed by atoms with van der Waals surface area (Å²) in [5.74, 6) is -0.135. The fourth-order valence-corrected chi connectivity index (χ4v) is 8.47.